The van der Waals surface area contributed by atoms with Gasteiger partial charge < -0.3 is 14.6 Å². The molecule has 0 saturated carbocycles. The highest BCUT2D eigenvalue weighted by molar-refractivity contribution is 5.43. The van der Waals surface area contributed by atoms with E-state index in [1.54, 1.807) is 32.2 Å². The zero-order chi connectivity index (χ0) is 11.3. The summed E-state index contributed by atoms with van der Waals surface area (Å²) >= 11 is 0. The molecule has 0 aliphatic heterocycles. The Hall–Kier alpha value is -1.66. The van der Waals surface area contributed by atoms with Crippen LogP contribution in [0.3, 0.4) is 0 Å². The molecule has 0 heterocycles. The van der Waals surface area contributed by atoms with Crippen molar-refractivity contribution in [1.82, 2.24) is 0 Å². The molecule has 0 aromatic heterocycles. The molecule has 1 aromatic rings. The predicted octanol–water partition coefficient (Wildman–Crippen LogP) is 1.76. The maximum atomic E-state index is 9.38. The fourth-order valence-electron chi connectivity index (χ4n) is 1.18. The van der Waals surface area contributed by atoms with Crippen LogP contribution in [0, 0.1) is 12.3 Å². The Morgan fingerprint density at radius 1 is 1.47 bits per heavy atom. The van der Waals surface area contributed by atoms with Crippen molar-refractivity contribution >= 4 is 0 Å². The summed E-state index contributed by atoms with van der Waals surface area (Å²) in [5.74, 6) is 3.53. The molecule has 1 N–H and O–H groups in total. The van der Waals surface area contributed by atoms with Gasteiger partial charge in [0.05, 0.1) is 13.2 Å². The van der Waals surface area contributed by atoms with Crippen molar-refractivity contribution in [2.24, 2.45) is 0 Å². The molecule has 0 saturated heterocycles. The minimum atomic E-state index is -0.527. The minimum Gasteiger partial charge on any atom is -0.493 e. The van der Waals surface area contributed by atoms with Crippen LogP contribution in [0.4, 0.5) is 0 Å². The van der Waals surface area contributed by atoms with Crippen molar-refractivity contribution in [1.29, 1.82) is 0 Å². The first-order valence-electron chi connectivity index (χ1n) is 4.61. The minimum absolute atomic E-state index is 0.199. The first kappa shape index (κ1) is 11.4. The molecule has 1 rings (SSSR count). The molecule has 0 aliphatic carbocycles. The van der Waals surface area contributed by atoms with Crippen molar-refractivity contribution in [3.05, 3.63) is 23.8 Å². The molecule has 1 atom stereocenters. The van der Waals surface area contributed by atoms with Gasteiger partial charge >= 0.3 is 0 Å². The van der Waals surface area contributed by atoms with Gasteiger partial charge in [0, 0.05) is 0 Å². The van der Waals surface area contributed by atoms with E-state index in [4.69, 9.17) is 15.9 Å². The fourth-order valence-corrected chi connectivity index (χ4v) is 1.18. The number of benzene rings is 1. The Balaban J connectivity index is 2.94. The largest absolute Gasteiger partial charge is 0.493 e. The summed E-state index contributed by atoms with van der Waals surface area (Å²) in [6, 6.07) is 5.24. The van der Waals surface area contributed by atoms with Crippen LogP contribution in [-0.2, 0) is 0 Å². The van der Waals surface area contributed by atoms with Gasteiger partial charge in [0.25, 0.3) is 0 Å². The van der Waals surface area contributed by atoms with Crippen LogP contribution in [0.5, 0.6) is 11.5 Å². The topological polar surface area (TPSA) is 38.7 Å². The summed E-state index contributed by atoms with van der Waals surface area (Å²) in [5.41, 5.74) is 0.778. The van der Waals surface area contributed by atoms with Gasteiger partial charge in [-0.3, -0.25) is 0 Å². The number of hydrogen-bond acceptors (Lipinski definition) is 3. The van der Waals surface area contributed by atoms with E-state index in [1.165, 1.54) is 0 Å². The molecule has 0 amide bonds. The Morgan fingerprint density at radius 3 is 2.73 bits per heavy atom. The monoisotopic (exact) mass is 206 g/mol. The zero-order valence-electron chi connectivity index (χ0n) is 8.86. The number of rotatable bonds is 4. The molecular formula is C12H14O3. The van der Waals surface area contributed by atoms with E-state index >= 15 is 0 Å². The molecular weight excluding hydrogens is 192 g/mol. The average molecular weight is 206 g/mol. The van der Waals surface area contributed by atoms with E-state index in [0.29, 0.717) is 11.5 Å². The van der Waals surface area contributed by atoms with Gasteiger partial charge in [-0.05, 0) is 24.6 Å². The third kappa shape index (κ3) is 2.90. The second kappa shape index (κ2) is 5.28. The zero-order valence-corrected chi connectivity index (χ0v) is 8.86. The quantitative estimate of drug-likeness (QED) is 0.763. The molecule has 3 nitrogen and oxygen atoms in total. The molecule has 80 valence electrons. The lowest BCUT2D eigenvalue weighted by Crippen LogP contribution is -1.98. The SMILES string of the molecule is C#CCOc1ccc([C@@H](C)O)cc1OC. The van der Waals surface area contributed by atoms with Gasteiger partial charge in [-0.2, -0.15) is 0 Å². The van der Waals surface area contributed by atoms with Crippen molar-refractivity contribution in [2.75, 3.05) is 13.7 Å². The molecule has 0 aliphatic rings. The molecule has 15 heavy (non-hydrogen) atoms. The number of methoxy groups -OCH3 is 1. The van der Waals surface area contributed by atoms with E-state index in [2.05, 4.69) is 5.92 Å². The number of aliphatic hydroxyl groups excluding tert-OH is 1. The predicted molar refractivity (Wildman–Crippen MR) is 58.0 cm³/mol. The second-order valence-corrected chi connectivity index (χ2v) is 3.08. The van der Waals surface area contributed by atoms with Gasteiger partial charge in [0.2, 0.25) is 0 Å². The summed E-state index contributed by atoms with van der Waals surface area (Å²) in [6.07, 6.45) is 4.56. The van der Waals surface area contributed by atoms with Crippen molar-refractivity contribution in [3.63, 3.8) is 0 Å². The van der Waals surface area contributed by atoms with Gasteiger partial charge in [-0.25, -0.2) is 0 Å². The molecule has 0 radical (unpaired) electrons. The van der Waals surface area contributed by atoms with Crippen LogP contribution in [-0.4, -0.2) is 18.8 Å². The lowest BCUT2D eigenvalue weighted by molar-refractivity contribution is 0.198. The first-order chi connectivity index (χ1) is 7.19. The van der Waals surface area contributed by atoms with Gasteiger partial charge in [-0.15, -0.1) is 6.42 Å². The van der Waals surface area contributed by atoms with Crippen molar-refractivity contribution in [2.45, 2.75) is 13.0 Å². The maximum absolute atomic E-state index is 9.38. The smallest absolute Gasteiger partial charge is 0.162 e. The highest BCUT2D eigenvalue weighted by Crippen LogP contribution is 2.30. The standard InChI is InChI=1S/C12H14O3/c1-4-7-15-11-6-5-10(9(2)13)8-12(11)14-3/h1,5-6,8-9,13H,7H2,2-3H3/t9-/m1/s1. The Morgan fingerprint density at radius 2 is 2.20 bits per heavy atom. The van der Waals surface area contributed by atoms with Crippen LogP contribution >= 0.6 is 0 Å². The molecule has 3 heteroatoms. The highest BCUT2D eigenvalue weighted by atomic mass is 16.5. The van der Waals surface area contributed by atoms with E-state index in [9.17, 15) is 5.11 Å². The first-order valence-corrected chi connectivity index (χ1v) is 4.61. The van der Waals surface area contributed by atoms with Crippen molar-refractivity contribution in [3.8, 4) is 23.8 Å². The number of ether oxygens (including phenoxy) is 2. The van der Waals surface area contributed by atoms with Crippen LogP contribution in [0.25, 0.3) is 0 Å². The van der Waals surface area contributed by atoms with Gasteiger partial charge in [0.15, 0.2) is 11.5 Å². The Kier molecular flexibility index (Phi) is 4.02. The van der Waals surface area contributed by atoms with Gasteiger partial charge in [-0.1, -0.05) is 12.0 Å². The summed E-state index contributed by atoms with van der Waals surface area (Å²) in [4.78, 5) is 0. The lowest BCUT2D eigenvalue weighted by Gasteiger charge is -2.11. The third-order valence-corrected chi connectivity index (χ3v) is 1.98. The van der Waals surface area contributed by atoms with Crippen LogP contribution in [0.2, 0.25) is 0 Å². The van der Waals surface area contributed by atoms with Crippen LogP contribution < -0.4 is 9.47 Å². The fraction of sp³-hybridized carbons (Fsp3) is 0.333. The number of terminal acetylenes is 1. The highest BCUT2D eigenvalue weighted by Gasteiger charge is 2.07. The summed E-state index contributed by atoms with van der Waals surface area (Å²) in [7, 11) is 1.55. The molecule has 0 fully saturated rings. The molecule has 0 bridgehead atoms. The molecule has 0 spiro atoms. The summed E-state index contributed by atoms with van der Waals surface area (Å²) < 4.78 is 10.4. The second-order valence-electron chi connectivity index (χ2n) is 3.08. The summed E-state index contributed by atoms with van der Waals surface area (Å²) in [5, 5.41) is 9.38. The summed E-state index contributed by atoms with van der Waals surface area (Å²) in [6.45, 7) is 1.89. The molecule has 0 unspecified atom stereocenters. The van der Waals surface area contributed by atoms with E-state index < -0.39 is 6.10 Å². The van der Waals surface area contributed by atoms with Gasteiger partial charge in [0.1, 0.15) is 6.61 Å². The maximum Gasteiger partial charge on any atom is 0.162 e. The normalized spacial score (nSPS) is 11.6. The van der Waals surface area contributed by atoms with Crippen LogP contribution in [0.15, 0.2) is 18.2 Å². The third-order valence-electron chi connectivity index (χ3n) is 1.98. The average Bonchev–Trinajstić information content (AvgIpc) is 2.25. The lowest BCUT2D eigenvalue weighted by atomic mass is 10.1. The number of hydrogen-bond donors (Lipinski definition) is 1. The number of aliphatic hydroxyl groups is 1. The van der Waals surface area contributed by atoms with Crippen LogP contribution in [0.1, 0.15) is 18.6 Å². The van der Waals surface area contributed by atoms with E-state index in [-0.39, 0.29) is 6.61 Å². The van der Waals surface area contributed by atoms with E-state index in [1.807, 2.05) is 0 Å². The van der Waals surface area contributed by atoms with Crippen molar-refractivity contribution < 1.29 is 14.6 Å². The Bertz CT molecular complexity index is 364. The van der Waals surface area contributed by atoms with E-state index in [0.717, 1.165) is 5.56 Å². The Labute approximate surface area is 89.6 Å². The molecule has 1 aromatic carbocycles.